The molecule has 0 N–H and O–H groups in total. The van der Waals surface area contributed by atoms with Gasteiger partial charge in [0.25, 0.3) is 0 Å². The Bertz CT molecular complexity index is 1030. The summed E-state index contributed by atoms with van der Waals surface area (Å²) < 4.78 is 28.9. The number of hydrogen-bond acceptors (Lipinski definition) is 6. The molecule has 1 saturated heterocycles. The topological polar surface area (TPSA) is 84.2 Å². The summed E-state index contributed by atoms with van der Waals surface area (Å²) in [6, 6.07) is 10.5. The van der Waals surface area contributed by atoms with Crippen LogP contribution in [0.25, 0.3) is 5.82 Å². The highest BCUT2D eigenvalue weighted by atomic mass is 32.2. The van der Waals surface area contributed by atoms with Crippen LogP contribution in [0.1, 0.15) is 5.82 Å². The quantitative estimate of drug-likeness (QED) is 0.677. The maximum absolute atomic E-state index is 12.7. The van der Waals surface area contributed by atoms with Crippen LogP contribution in [0.4, 0.5) is 5.82 Å². The van der Waals surface area contributed by atoms with Crippen LogP contribution in [0.3, 0.4) is 0 Å². The molecule has 3 aromatic rings. The number of piperazine rings is 1. The minimum Gasteiger partial charge on any atom is -0.354 e. The molecule has 1 aliphatic heterocycles. The van der Waals surface area contributed by atoms with Crippen molar-refractivity contribution in [2.75, 3.05) is 31.1 Å². The van der Waals surface area contributed by atoms with Crippen molar-refractivity contribution in [3.8, 4) is 5.82 Å². The van der Waals surface area contributed by atoms with E-state index in [-0.39, 0.29) is 0 Å². The summed E-state index contributed by atoms with van der Waals surface area (Å²) in [5, 5.41) is 0. The number of hydrogen-bond donors (Lipinski definition) is 0. The van der Waals surface area contributed by atoms with E-state index in [1.165, 1.54) is 10.6 Å². The summed E-state index contributed by atoms with van der Waals surface area (Å²) in [5.41, 5.74) is 0. The second-order valence-electron chi connectivity index (χ2n) is 6.28. The first kappa shape index (κ1) is 17.6. The van der Waals surface area contributed by atoms with Crippen molar-refractivity contribution in [1.82, 2.24) is 23.8 Å². The lowest BCUT2D eigenvalue weighted by Gasteiger charge is -2.34. The van der Waals surface area contributed by atoms with Crippen LogP contribution < -0.4 is 4.90 Å². The molecule has 1 aromatic carbocycles. The first-order valence-electron chi connectivity index (χ1n) is 8.68. The summed E-state index contributed by atoms with van der Waals surface area (Å²) in [6.07, 6.45) is 5.10. The van der Waals surface area contributed by atoms with Crippen LogP contribution in [-0.2, 0) is 10.0 Å². The molecule has 9 heteroatoms. The number of sulfonamides is 1. The molecule has 0 aliphatic carbocycles. The van der Waals surface area contributed by atoms with Gasteiger partial charge >= 0.3 is 0 Å². The van der Waals surface area contributed by atoms with E-state index in [0.29, 0.717) is 31.1 Å². The van der Waals surface area contributed by atoms with Crippen molar-refractivity contribution in [3.63, 3.8) is 0 Å². The minimum absolute atomic E-state index is 0.332. The van der Waals surface area contributed by atoms with Crippen molar-refractivity contribution in [2.24, 2.45) is 0 Å². The molecule has 1 aliphatic rings. The predicted molar refractivity (Wildman–Crippen MR) is 101 cm³/mol. The Morgan fingerprint density at radius 1 is 0.926 bits per heavy atom. The molecular formula is C18H20N6O2S. The summed E-state index contributed by atoms with van der Waals surface area (Å²) >= 11 is 0. The predicted octanol–water partition coefficient (Wildman–Crippen LogP) is 1.48. The highest BCUT2D eigenvalue weighted by Gasteiger charge is 2.28. The van der Waals surface area contributed by atoms with Gasteiger partial charge in [0, 0.05) is 44.6 Å². The molecule has 0 radical (unpaired) electrons. The Labute approximate surface area is 158 Å². The number of imidazole rings is 1. The molecule has 0 amide bonds. The van der Waals surface area contributed by atoms with Crippen LogP contribution in [0, 0.1) is 6.92 Å². The molecule has 4 rings (SSSR count). The van der Waals surface area contributed by atoms with Gasteiger partial charge in [0.2, 0.25) is 10.0 Å². The summed E-state index contributed by atoms with van der Waals surface area (Å²) in [6.45, 7) is 3.90. The van der Waals surface area contributed by atoms with Gasteiger partial charge in [0.15, 0.2) is 0 Å². The summed E-state index contributed by atoms with van der Waals surface area (Å²) in [7, 11) is -3.46. The van der Waals surface area contributed by atoms with Crippen molar-refractivity contribution in [1.29, 1.82) is 0 Å². The number of rotatable bonds is 4. The van der Waals surface area contributed by atoms with Gasteiger partial charge in [-0.05, 0) is 19.1 Å². The molecule has 0 spiro atoms. The lowest BCUT2D eigenvalue weighted by Crippen LogP contribution is -2.48. The van der Waals surface area contributed by atoms with Crippen molar-refractivity contribution >= 4 is 15.8 Å². The zero-order chi connectivity index (χ0) is 18.9. The van der Waals surface area contributed by atoms with Gasteiger partial charge in [-0.25, -0.2) is 23.4 Å². The third-order valence-corrected chi connectivity index (χ3v) is 6.57. The van der Waals surface area contributed by atoms with Crippen LogP contribution in [0.5, 0.6) is 0 Å². The molecule has 0 saturated carbocycles. The van der Waals surface area contributed by atoms with Crippen LogP contribution >= 0.6 is 0 Å². The number of nitrogens with zero attached hydrogens (tertiary/aromatic N) is 6. The number of anilines is 1. The zero-order valence-corrected chi connectivity index (χ0v) is 15.7. The molecule has 1 fully saturated rings. The first-order chi connectivity index (χ1) is 13.1. The third kappa shape index (κ3) is 3.43. The van der Waals surface area contributed by atoms with E-state index < -0.39 is 10.0 Å². The standard InChI is InChI=1S/C18H20N6O2S/c1-15-19-7-8-24(15)18-13-17(20-14-21-18)22-9-11-23(12-10-22)27(25,26)16-5-3-2-4-6-16/h2-8,13-14H,9-12H2,1H3. The fraction of sp³-hybridized carbons (Fsp3) is 0.278. The van der Waals surface area contributed by atoms with Gasteiger partial charge in [-0.15, -0.1) is 0 Å². The summed E-state index contributed by atoms with van der Waals surface area (Å²) in [5.74, 6) is 2.37. The van der Waals surface area contributed by atoms with E-state index in [1.54, 1.807) is 30.5 Å². The van der Waals surface area contributed by atoms with E-state index in [1.807, 2.05) is 29.8 Å². The first-order valence-corrected chi connectivity index (χ1v) is 10.1. The molecule has 0 unspecified atom stereocenters. The second kappa shape index (κ2) is 7.09. The summed E-state index contributed by atoms with van der Waals surface area (Å²) in [4.78, 5) is 15.3. The average molecular weight is 384 g/mol. The molecule has 2 aromatic heterocycles. The average Bonchev–Trinajstić information content (AvgIpc) is 3.15. The number of aryl methyl sites for hydroxylation is 1. The molecule has 27 heavy (non-hydrogen) atoms. The Hall–Kier alpha value is -2.78. The largest absolute Gasteiger partial charge is 0.354 e. The van der Waals surface area contributed by atoms with E-state index in [0.717, 1.165) is 17.5 Å². The van der Waals surface area contributed by atoms with Gasteiger partial charge in [0.05, 0.1) is 4.90 Å². The normalized spacial score (nSPS) is 15.8. The fourth-order valence-electron chi connectivity index (χ4n) is 3.16. The lowest BCUT2D eigenvalue weighted by atomic mass is 10.3. The van der Waals surface area contributed by atoms with Gasteiger partial charge in [-0.3, -0.25) is 4.57 Å². The molecule has 140 valence electrons. The Morgan fingerprint density at radius 2 is 1.63 bits per heavy atom. The van der Waals surface area contributed by atoms with E-state index in [2.05, 4.69) is 19.9 Å². The van der Waals surface area contributed by atoms with E-state index in [9.17, 15) is 8.42 Å². The van der Waals surface area contributed by atoms with Crippen molar-refractivity contribution < 1.29 is 8.42 Å². The highest BCUT2D eigenvalue weighted by molar-refractivity contribution is 7.89. The molecule has 0 atom stereocenters. The number of benzene rings is 1. The minimum atomic E-state index is -3.46. The van der Waals surface area contributed by atoms with Gasteiger partial charge in [-0.1, -0.05) is 18.2 Å². The second-order valence-corrected chi connectivity index (χ2v) is 8.22. The van der Waals surface area contributed by atoms with E-state index in [4.69, 9.17) is 0 Å². The molecule has 0 bridgehead atoms. The maximum Gasteiger partial charge on any atom is 0.243 e. The molecule has 3 heterocycles. The Kier molecular flexibility index (Phi) is 4.63. The Morgan fingerprint density at radius 3 is 2.30 bits per heavy atom. The van der Waals surface area contributed by atoms with Gasteiger partial charge in [0.1, 0.15) is 23.8 Å². The monoisotopic (exact) mass is 384 g/mol. The molecule has 8 nitrogen and oxygen atoms in total. The van der Waals surface area contributed by atoms with Gasteiger partial charge < -0.3 is 4.90 Å². The van der Waals surface area contributed by atoms with Gasteiger partial charge in [-0.2, -0.15) is 4.31 Å². The SMILES string of the molecule is Cc1nccn1-c1cc(N2CCN(S(=O)(=O)c3ccccc3)CC2)ncn1. The maximum atomic E-state index is 12.7. The van der Waals surface area contributed by atoms with Crippen molar-refractivity contribution in [3.05, 3.63) is 60.9 Å². The lowest BCUT2D eigenvalue weighted by molar-refractivity contribution is 0.383. The van der Waals surface area contributed by atoms with Crippen LogP contribution in [-0.4, -0.2) is 58.4 Å². The molecular weight excluding hydrogens is 364 g/mol. The smallest absolute Gasteiger partial charge is 0.243 e. The highest BCUT2D eigenvalue weighted by Crippen LogP contribution is 2.21. The third-order valence-electron chi connectivity index (χ3n) is 4.65. The van der Waals surface area contributed by atoms with Crippen LogP contribution in [0.15, 0.2) is 60.0 Å². The number of aromatic nitrogens is 4. The van der Waals surface area contributed by atoms with Crippen LogP contribution in [0.2, 0.25) is 0 Å². The van der Waals surface area contributed by atoms with Crippen molar-refractivity contribution in [2.45, 2.75) is 11.8 Å². The zero-order valence-electron chi connectivity index (χ0n) is 14.9. The Balaban J connectivity index is 1.49. The fourth-order valence-corrected chi connectivity index (χ4v) is 4.60. The van der Waals surface area contributed by atoms with E-state index >= 15 is 0 Å².